The normalized spacial score (nSPS) is 10.5. The lowest BCUT2D eigenvalue weighted by atomic mass is 10.2. The highest BCUT2D eigenvalue weighted by Crippen LogP contribution is 2.17. The minimum Gasteiger partial charge on any atom is -0.508 e. The molecule has 0 bridgehead atoms. The Morgan fingerprint density at radius 2 is 2.11 bits per heavy atom. The molecule has 0 saturated heterocycles. The zero-order valence-corrected chi connectivity index (χ0v) is 9.92. The van der Waals surface area contributed by atoms with Gasteiger partial charge in [0.25, 0.3) is 5.91 Å². The summed E-state index contributed by atoms with van der Waals surface area (Å²) in [7, 11) is 0. The van der Waals surface area contributed by atoms with E-state index in [1.54, 1.807) is 42.7 Å². The number of imidazole rings is 1. The van der Waals surface area contributed by atoms with Crippen molar-refractivity contribution in [1.82, 2.24) is 9.97 Å². The highest BCUT2D eigenvalue weighted by atomic mass is 16.3. The Kier molecular flexibility index (Phi) is 2.64. The Hall–Kier alpha value is -2.82. The fourth-order valence-electron chi connectivity index (χ4n) is 1.86. The molecule has 1 heterocycles. The molecule has 0 spiro atoms. The van der Waals surface area contributed by atoms with Crippen molar-refractivity contribution in [3.63, 3.8) is 0 Å². The summed E-state index contributed by atoms with van der Waals surface area (Å²) in [4.78, 5) is 19.1. The molecule has 3 aromatic rings. The fourth-order valence-corrected chi connectivity index (χ4v) is 1.86. The number of amides is 1. The minimum atomic E-state index is -0.234. The number of carbonyl (C=O) groups excluding carboxylic acids is 1. The van der Waals surface area contributed by atoms with Crippen molar-refractivity contribution in [3.8, 4) is 5.75 Å². The predicted molar refractivity (Wildman–Crippen MR) is 72.2 cm³/mol. The molecule has 2 aromatic carbocycles. The summed E-state index contributed by atoms with van der Waals surface area (Å²) in [5.41, 5.74) is 2.70. The standard InChI is InChI=1S/C14H11N3O2/c18-11-3-1-2-10(7-11)17-14(19)9-4-5-12-13(6-9)16-8-15-12/h1-8,18H,(H,15,16)(H,17,19). The van der Waals surface area contributed by atoms with Crippen LogP contribution in [0.1, 0.15) is 10.4 Å². The van der Waals surface area contributed by atoms with Crippen molar-refractivity contribution in [1.29, 1.82) is 0 Å². The van der Waals surface area contributed by atoms with Crippen molar-refractivity contribution in [3.05, 3.63) is 54.4 Å². The largest absolute Gasteiger partial charge is 0.508 e. The van der Waals surface area contributed by atoms with Crippen LogP contribution in [0.25, 0.3) is 11.0 Å². The number of H-pyrrole nitrogens is 1. The second-order valence-electron chi connectivity index (χ2n) is 4.14. The number of phenolic OH excluding ortho intramolecular Hbond substituents is 1. The number of hydrogen-bond donors (Lipinski definition) is 3. The number of carbonyl (C=O) groups is 1. The zero-order valence-electron chi connectivity index (χ0n) is 9.92. The molecule has 0 radical (unpaired) electrons. The summed E-state index contributed by atoms with van der Waals surface area (Å²) >= 11 is 0. The second kappa shape index (κ2) is 4.45. The van der Waals surface area contributed by atoms with Crippen LogP contribution < -0.4 is 5.32 Å². The third-order valence-corrected chi connectivity index (χ3v) is 2.79. The van der Waals surface area contributed by atoms with E-state index >= 15 is 0 Å². The van der Waals surface area contributed by atoms with Gasteiger partial charge in [-0.1, -0.05) is 6.07 Å². The molecule has 1 aromatic heterocycles. The number of aromatic amines is 1. The number of phenols is 1. The van der Waals surface area contributed by atoms with Crippen molar-refractivity contribution in [2.24, 2.45) is 0 Å². The summed E-state index contributed by atoms with van der Waals surface area (Å²) < 4.78 is 0. The first kappa shape index (κ1) is 11.3. The lowest BCUT2D eigenvalue weighted by Crippen LogP contribution is -2.11. The van der Waals surface area contributed by atoms with Gasteiger partial charge in [-0.15, -0.1) is 0 Å². The van der Waals surface area contributed by atoms with Gasteiger partial charge in [-0.25, -0.2) is 4.98 Å². The van der Waals surface area contributed by atoms with E-state index in [1.165, 1.54) is 6.07 Å². The second-order valence-corrected chi connectivity index (χ2v) is 4.14. The van der Waals surface area contributed by atoms with E-state index in [2.05, 4.69) is 15.3 Å². The van der Waals surface area contributed by atoms with Gasteiger partial charge in [0.15, 0.2) is 0 Å². The molecule has 1 amide bonds. The number of rotatable bonds is 2. The Balaban J connectivity index is 1.87. The molecule has 0 saturated carbocycles. The first-order valence-corrected chi connectivity index (χ1v) is 5.76. The number of aromatic nitrogens is 2. The number of fused-ring (bicyclic) bond motifs is 1. The predicted octanol–water partition coefficient (Wildman–Crippen LogP) is 2.52. The molecule has 19 heavy (non-hydrogen) atoms. The van der Waals surface area contributed by atoms with Crippen LogP contribution in [0.15, 0.2) is 48.8 Å². The van der Waals surface area contributed by atoms with Gasteiger partial charge in [0.05, 0.1) is 17.4 Å². The number of benzene rings is 2. The van der Waals surface area contributed by atoms with Crippen LogP contribution in [0, 0.1) is 0 Å². The summed E-state index contributed by atoms with van der Waals surface area (Å²) in [5, 5.41) is 12.1. The van der Waals surface area contributed by atoms with Gasteiger partial charge >= 0.3 is 0 Å². The molecule has 0 aliphatic carbocycles. The number of hydrogen-bond acceptors (Lipinski definition) is 3. The SMILES string of the molecule is O=C(Nc1cccc(O)c1)c1ccc2nc[nH]c2c1. The first-order valence-electron chi connectivity index (χ1n) is 5.76. The van der Waals surface area contributed by atoms with Crippen LogP contribution in [-0.2, 0) is 0 Å². The van der Waals surface area contributed by atoms with E-state index in [-0.39, 0.29) is 11.7 Å². The maximum atomic E-state index is 12.1. The number of anilines is 1. The summed E-state index contributed by atoms with van der Waals surface area (Å²) in [6.07, 6.45) is 1.58. The van der Waals surface area contributed by atoms with Gasteiger partial charge < -0.3 is 15.4 Å². The third-order valence-electron chi connectivity index (χ3n) is 2.79. The minimum absolute atomic E-state index is 0.113. The summed E-state index contributed by atoms with van der Waals surface area (Å²) in [6, 6.07) is 11.7. The maximum Gasteiger partial charge on any atom is 0.255 e. The topological polar surface area (TPSA) is 78.0 Å². The fraction of sp³-hybridized carbons (Fsp3) is 0. The first-order chi connectivity index (χ1) is 9.22. The van der Waals surface area contributed by atoms with E-state index < -0.39 is 0 Å². The quantitative estimate of drug-likeness (QED) is 0.656. The van der Waals surface area contributed by atoms with Crippen LogP contribution in [0.3, 0.4) is 0 Å². The lowest BCUT2D eigenvalue weighted by molar-refractivity contribution is 0.102. The van der Waals surface area contributed by atoms with Crippen molar-refractivity contribution >= 4 is 22.6 Å². The number of nitrogens with zero attached hydrogens (tertiary/aromatic N) is 1. The molecule has 5 nitrogen and oxygen atoms in total. The van der Waals surface area contributed by atoms with Crippen LogP contribution in [-0.4, -0.2) is 21.0 Å². The Bertz CT molecular complexity index is 749. The highest BCUT2D eigenvalue weighted by molar-refractivity contribution is 6.05. The maximum absolute atomic E-state index is 12.1. The van der Waals surface area contributed by atoms with E-state index in [0.717, 1.165) is 11.0 Å². The van der Waals surface area contributed by atoms with Gasteiger partial charge in [0.2, 0.25) is 0 Å². The molecule has 0 aliphatic heterocycles. The van der Waals surface area contributed by atoms with Gasteiger partial charge in [-0.2, -0.15) is 0 Å². The molecule has 0 atom stereocenters. The third kappa shape index (κ3) is 2.26. The average molecular weight is 253 g/mol. The summed E-state index contributed by atoms with van der Waals surface area (Å²) in [5.74, 6) is -0.121. The smallest absolute Gasteiger partial charge is 0.255 e. The van der Waals surface area contributed by atoms with E-state index in [4.69, 9.17) is 0 Å². The molecule has 3 rings (SSSR count). The zero-order chi connectivity index (χ0) is 13.2. The molecule has 0 fully saturated rings. The molecule has 0 unspecified atom stereocenters. The molecule has 3 N–H and O–H groups in total. The van der Waals surface area contributed by atoms with Crippen LogP contribution in [0.4, 0.5) is 5.69 Å². The molecule has 5 heteroatoms. The van der Waals surface area contributed by atoms with E-state index in [1.807, 2.05) is 0 Å². The van der Waals surface area contributed by atoms with Crippen molar-refractivity contribution in [2.75, 3.05) is 5.32 Å². The molecular weight excluding hydrogens is 242 g/mol. The molecule has 0 aliphatic rings. The van der Waals surface area contributed by atoms with Gasteiger partial charge in [-0.05, 0) is 30.3 Å². The van der Waals surface area contributed by atoms with Crippen molar-refractivity contribution < 1.29 is 9.90 Å². The summed E-state index contributed by atoms with van der Waals surface area (Å²) in [6.45, 7) is 0. The van der Waals surface area contributed by atoms with Crippen LogP contribution >= 0.6 is 0 Å². The van der Waals surface area contributed by atoms with E-state index in [9.17, 15) is 9.90 Å². The molecular formula is C14H11N3O2. The van der Waals surface area contributed by atoms with E-state index in [0.29, 0.717) is 11.3 Å². The molecule has 94 valence electrons. The van der Waals surface area contributed by atoms with Crippen LogP contribution in [0.5, 0.6) is 5.75 Å². The Labute approximate surface area is 108 Å². The van der Waals surface area contributed by atoms with Gasteiger partial charge in [-0.3, -0.25) is 4.79 Å². The average Bonchev–Trinajstić information content (AvgIpc) is 2.85. The van der Waals surface area contributed by atoms with Gasteiger partial charge in [0, 0.05) is 17.3 Å². The van der Waals surface area contributed by atoms with Crippen LogP contribution in [0.2, 0.25) is 0 Å². The number of aromatic hydroxyl groups is 1. The highest BCUT2D eigenvalue weighted by Gasteiger charge is 2.08. The van der Waals surface area contributed by atoms with Crippen molar-refractivity contribution in [2.45, 2.75) is 0 Å². The number of nitrogens with one attached hydrogen (secondary N) is 2. The Morgan fingerprint density at radius 1 is 1.21 bits per heavy atom. The monoisotopic (exact) mass is 253 g/mol. The lowest BCUT2D eigenvalue weighted by Gasteiger charge is -2.05. The Morgan fingerprint density at radius 3 is 2.95 bits per heavy atom. The van der Waals surface area contributed by atoms with Gasteiger partial charge in [0.1, 0.15) is 5.75 Å².